The maximum atomic E-state index is 11.6. The summed E-state index contributed by atoms with van der Waals surface area (Å²) in [5, 5.41) is 0.687. The Kier molecular flexibility index (Phi) is 5.50. The van der Waals surface area contributed by atoms with Crippen LogP contribution in [0, 0.1) is 6.92 Å². The molecule has 0 radical (unpaired) electrons. The minimum Gasteiger partial charge on any atom is -0.330 e. The van der Waals surface area contributed by atoms with Crippen LogP contribution in [0.15, 0.2) is 18.2 Å². The highest BCUT2D eigenvalue weighted by Crippen LogP contribution is 2.18. The average Bonchev–Trinajstić information content (AvgIpc) is 2.23. The molecule has 0 aliphatic rings. The van der Waals surface area contributed by atoms with Crippen LogP contribution in [0.4, 0.5) is 0 Å². The fourth-order valence-electron chi connectivity index (χ4n) is 1.56. The summed E-state index contributed by atoms with van der Waals surface area (Å²) in [6.07, 6.45) is 2.82. The second-order valence-corrected chi connectivity index (χ2v) is 4.46. The SMILES string of the molecule is Cc1ccc(CC(=O)CCCCN)c(Cl)c1. The number of halogens is 1. The highest BCUT2D eigenvalue weighted by Gasteiger charge is 2.06. The number of ketones is 1. The van der Waals surface area contributed by atoms with Gasteiger partial charge in [-0.15, -0.1) is 0 Å². The van der Waals surface area contributed by atoms with Crippen LogP contribution in [-0.2, 0) is 11.2 Å². The second kappa shape index (κ2) is 6.66. The molecular formula is C13H18ClNO. The predicted molar refractivity (Wildman–Crippen MR) is 67.8 cm³/mol. The Labute approximate surface area is 102 Å². The summed E-state index contributed by atoms with van der Waals surface area (Å²) in [4.78, 5) is 11.6. The number of Topliss-reactive ketones (excluding diaryl/α,β-unsaturated/α-hetero) is 1. The third-order valence-corrected chi connectivity index (χ3v) is 2.86. The van der Waals surface area contributed by atoms with Crippen molar-refractivity contribution in [3.63, 3.8) is 0 Å². The zero-order valence-corrected chi connectivity index (χ0v) is 10.4. The first-order chi connectivity index (χ1) is 7.63. The number of benzene rings is 1. The monoisotopic (exact) mass is 239 g/mol. The van der Waals surface area contributed by atoms with Gasteiger partial charge in [0.1, 0.15) is 5.78 Å². The van der Waals surface area contributed by atoms with Crippen molar-refractivity contribution in [3.05, 3.63) is 34.3 Å². The van der Waals surface area contributed by atoms with Gasteiger partial charge in [0.15, 0.2) is 0 Å². The van der Waals surface area contributed by atoms with E-state index in [1.165, 1.54) is 0 Å². The van der Waals surface area contributed by atoms with E-state index in [0.29, 0.717) is 24.4 Å². The molecule has 2 nitrogen and oxygen atoms in total. The Balaban J connectivity index is 2.49. The lowest BCUT2D eigenvalue weighted by Crippen LogP contribution is -2.05. The van der Waals surface area contributed by atoms with Crippen LogP contribution < -0.4 is 5.73 Å². The molecule has 0 spiro atoms. The molecule has 0 aliphatic heterocycles. The molecule has 1 rings (SSSR count). The van der Waals surface area contributed by atoms with Crippen LogP contribution in [0.25, 0.3) is 0 Å². The molecular weight excluding hydrogens is 222 g/mol. The second-order valence-electron chi connectivity index (χ2n) is 4.06. The first-order valence-corrected chi connectivity index (χ1v) is 5.98. The van der Waals surface area contributed by atoms with Crippen molar-refractivity contribution in [3.8, 4) is 0 Å². The van der Waals surface area contributed by atoms with Crippen molar-refractivity contribution >= 4 is 17.4 Å². The Hall–Kier alpha value is -0.860. The summed E-state index contributed by atoms with van der Waals surface area (Å²) in [6, 6.07) is 5.80. The molecule has 1 aromatic carbocycles. The Morgan fingerprint density at radius 3 is 2.75 bits per heavy atom. The van der Waals surface area contributed by atoms with Crippen molar-refractivity contribution in [2.24, 2.45) is 5.73 Å². The number of rotatable bonds is 6. The number of nitrogens with two attached hydrogens (primary N) is 1. The smallest absolute Gasteiger partial charge is 0.137 e. The molecule has 0 unspecified atom stereocenters. The van der Waals surface area contributed by atoms with E-state index in [1.54, 1.807) is 0 Å². The molecule has 2 N–H and O–H groups in total. The molecule has 0 aromatic heterocycles. The van der Waals surface area contributed by atoms with E-state index in [1.807, 2.05) is 25.1 Å². The van der Waals surface area contributed by atoms with E-state index < -0.39 is 0 Å². The number of carbonyl (C=O) groups is 1. The number of hydrogen-bond acceptors (Lipinski definition) is 2. The third kappa shape index (κ3) is 4.33. The minimum atomic E-state index is 0.235. The van der Waals surface area contributed by atoms with Gasteiger partial charge in [0.2, 0.25) is 0 Å². The lowest BCUT2D eigenvalue weighted by molar-refractivity contribution is -0.118. The molecule has 0 heterocycles. The molecule has 0 aliphatic carbocycles. The summed E-state index contributed by atoms with van der Waals surface area (Å²) < 4.78 is 0. The van der Waals surface area contributed by atoms with Gasteiger partial charge in [-0.05, 0) is 43.5 Å². The Morgan fingerprint density at radius 2 is 2.12 bits per heavy atom. The van der Waals surface area contributed by atoms with Gasteiger partial charge in [-0.3, -0.25) is 4.79 Å². The standard InChI is InChI=1S/C13H18ClNO/c1-10-5-6-11(13(14)8-10)9-12(16)4-2-3-7-15/h5-6,8H,2-4,7,9,15H2,1H3. The largest absolute Gasteiger partial charge is 0.330 e. The molecule has 0 amide bonds. The first kappa shape index (κ1) is 13.2. The summed E-state index contributed by atoms with van der Waals surface area (Å²) in [5.74, 6) is 0.235. The van der Waals surface area contributed by atoms with E-state index in [0.717, 1.165) is 24.0 Å². The van der Waals surface area contributed by atoms with Crippen LogP contribution in [0.1, 0.15) is 30.4 Å². The maximum Gasteiger partial charge on any atom is 0.137 e. The highest BCUT2D eigenvalue weighted by molar-refractivity contribution is 6.31. The zero-order chi connectivity index (χ0) is 12.0. The molecule has 0 fully saturated rings. The van der Waals surface area contributed by atoms with Gasteiger partial charge in [0.25, 0.3) is 0 Å². The van der Waals surface area contributed by atoms with Crippen molar-refractivity contribution < 1.29 is 4.79 Å². The van der Waals surface area contributed by atoms with E-state index in [9.17, 15) is 4.79 Å². The number of unbranched alkanes of at least 4 members (excludes halogenated alkanes) is 1. The molecule has 0 saturated heterocycles. The zero-order valence-electron chi connectivity index (χ0n) is 9.63. The van der Waals surface area contributed by atoms with Crippen LogP contribution in [0.3, 0.4) is 0 Å². The maximum absolute atomic E-state index is 11.6. The fraction of sp³-hybridized carbons (Fsp3) is 0.462. The molecule has 0 bridgehead atoms. The van der Waals surface area contributed by atoms with Crippen molar-refractivity contribution in [1.82, 2.24) is 0 Å². The quantitative estimate of drug-likeness (QED) is 0.776. The summed E-state index contributed by atoms with van der Waals surface area (Å²) >= 11 is 6.06. The highest BCUT2D eigenvalue weighted by atomic mass is 35.5. The van der Waals surface area contributed by atoms with Gasteiger partial charge in [0.05, 0.1) is 0 Å². The average molecular weight is 240 g/mol. The van der Waals surface area contributed by atoms with Crippen LogP contribution in [-0.4, -0.2) is 12.3 Å². The number of hydrogen-bond donors (Lipinski definition) is 1. The molecule has 3 heteroatoms. The number of aryl methyl sites for hydroxylation is 1. The minimum absolute atomic E-state index is 0.235. The Bertz CT molecular complexity index is 363. The van der Waals surface area contributed by atoms with Crippen LogP contribution in [0.5, 0.6) is 0 Å². The van der Waals surface area contributed by atoms with E-state index in [2.05, 4.69) is 0 Å². The van der Waals surface area contributed by atoms with Gasteiger partial charge in [-0.2, -0.15) is 0 Å². The topological polar surface area (TPSA) is 43.1 Å². The predicted octanol–water partition coefficient (Wildman–Crippen LogP) is 2.89. The molecule has 0 atom stereocenters. The molecule has 0 saturated carbocycles. The van der Waals surface area contributed by atoms with E-state index in [-0.39, 0.29) is 5.78 Å². The first-order valence-electron chi connectivity index (χ1n) is 5.60. The summed E-state index contributed by atoms with van der Waals surface area (Å²) in [6.45, 7) is 2.64. The Morgan fingerprint density at radius 1 is 1.38 bits per heavy atom. The van der Waals surface area contributed by atoms with Gasteiger partial charge < -0.3 is 5.73 Å². The lowest BCUT2D eigenvalue weighted by atomic mass is 10.0. The summed E-state index contributed by atoms with van der Waals surface area (Å²) in [5.41, 5.74) is 7.41. The molecule has 16 heavy (non-hydrogen) atoms. The fourth-order valence-corrected chi connectivity index (χ4v) is 1.86. The normalized spacial score (nSPS) is 10.4. The van der Waals surface area contributed by atoms with Crippen LogP contribution in [0.2, 0.25) is 5.02 Å². The van der Waals surface area contributed by atoms with Crippen molar-refractivity contribution in [2.75, 3.05) is 6.54 Å². The third-order valence-electron chi connectivity index (χ3n) is 2.51. The number of carbonyl (C=O) groups excluding carboxylic acids is 1. The van der Waals surface area contributed by atoms with Gasteiger partial charge in [-0.1, -0.05) is 23.7 Å². The van der Waals surface area contributed by atoms with E-state index in [4.69, 9.17) is 17.3 Å². The summed E-state index contributed by atoms with van der Waals surface area (Å²) in [7, 11) is 0. The van der Waals surface area contributed by atoms with Crippen molar-refractivity contribution in [1.29, 1.82) is 0 Å². The van der Waals surface area contributed by atoms with Crippen LogP contribution >= 0.6 is 11.6 Å². The molecule has 1 aromatic rings. The van der Waals surface area contributed by atoms with E-state index >= 15 is 0 Å². The lowest BCUT2D eigenvalue weighted by Gasteiger charge is -2.04. The van der Waals surface area contributed by atoms with Gasteiger partial charge in [0, 0.05) is 17.9 Å². The van der Waals surface area contributed by atoms with Gasteiger partial charge in [-0.25, -0.2) is 0 Å². The molecule has 88 valence electrons. The van der Waals surface area contributed by atoms with Crippen molar-refractivity contribution in [2.45, 2.75) is 32.6 Å². The van der Waals surface area contributed by atoms with Gasteiger partial charge >= 0.3 is 0 Å².